The van der Waals surface area contributed by atoms with E-state index in [2.05, 4.69) is 0 Å². The van der Waals surface area contributed by atoms with E-state index >= 15 is 0 Å². The normalized spacial score (nSPS) is 24.1. The largest absolute Gasteiger partial charge is 0.444 e. The zero-order chi connectivity index (χ0) is 12.3. The van der Waals surface area contributed by atoms with Crippen LogP contribution in [0.15, 0.2) is 0 Å². The number of carbonyl (C=O) groups is 1. The summed E-state index contributed by atoms with van der Waals surface area (Å²) in [6.45, 7) is 8.35. The predicted octanol–water partition coefficient (Wildman–Crippen LogP) is 3.40. The lowest BCUT2D eigenvalue weighted by Gasteiger charge is -2.38. The van der Waals surface area contributed by atoms with Gasteiger partial charge in [0, 0.05) is 6.54 Å². The highest BCUT2D eigenvalue weighted by Crippen LogP contribution is 2.24. The molecule has 1 fully saturated rings. The third kappa shape index (κ3) is 3.85. The average molecular weight is 248 g/mol. The van der Waals surface area contributed by atoms with Gasteiger partial charge >= 0.3 is 6.09 Å². The Labute approximate surface area is 103 Å². The molecule has 0 aliphatic carbocycles. The molecule has 16 heavy (non-hydrogen) atoms. The van der Waals surface area contributed by atoms with E-state index in [-0.39, 0.29) is 17.5 Å². The van der Waals surface area contributed by atoms with E-state index < -0.39 is 5.60 Å². The number of ether oxygens (including phenoxy) is 1. The van der Waals surface area contributed by atoms with Crippen LogP contribution in [0.3, 0.4) is 0 Å². The first kappa shape index (κ1) is 13.6. The van der Waals surface area contributed by atoms with Gasteiger partial charge in [-0.1, -0.05) is 0 Å². The molecule has 0 bridgehead atoms. The van der Waals surface area contributed by atoms with Crippen LogP contribution < -0.4 is 0 Å². The molecule has 0 aromatic carbocycles. The van der Waals surface area contributed by atoms with Gasteiger partial charge in [-0.3, -0.25) is 0 Å². The van der Waals surface area contributed by atoms with Crippen LogP contribution in [0.5, 0.6) is 0 Å². The molecule has 0 radical (unpaired) electrons. The maximum Gasteiger partial charge on any atom is 0.410 e. The Bertz CT molecular complexity index is 248. The average Bonchev–Trinajstić information content (AvgIpc) is 2.15. The van der Waals surface area contributed by atoms with Gasteiger partial charge in [-0.05, 0) is 47.0 Å². The first-order valence-corrected chi connectivity index (χ1v) is 6.38. The van der Waals surface area contributed by atoms with Gasteiger partial charge in [0.15, 0.2) is 0 Å². The molecule has 94 valence electrons. The van der Waals surface area contributed by atoms with Crippen LogP contribution in [0, 0.1) is 0 Å². The molecular weight excluding hydrogens is 226 g/mol. The van der Waals surface area contributed by atoms with Crippen LogP contribution in [0.4, 0.5) is 4.79 Å². The summed E-state index contributed by atoms with van der Waals surface area (Å²) >= 11 is 6.12. The fourth-order valence-electron chi connectivity index (χ4n) is 1.98. The SMILES string of the molecule is C[C@H](Cl)[C@H]1CCCCN1C(=O)OC(C)(C)C. The van der Waals surface area contributed by atoms with E-state index in [9.17, 15) is 4.79 Å². The van der Waals surface area contributed by atoms with E-state index in [0.717, 1.165) is 25.8 Å². The fourth-order valence-corrected chi connectivity index (χ4v) is 2.24. The Kier molecular flexibility index (Phi) is 4.48. The second kappa shape index (κ2) is 5.26. The summed E-state index contributed by atoms with van der Waals surface area (Å²) in [5.74, 6) is 0. The number of rotatable bonds is 1. The van der Waals surface area contributed by atoms with Crippen LogP contribution in [0.25, 0.3) is 0 Å². The first-order valence-electron chi connectivity index (χ1n) is 5.95. The summed E-state index contributed by atoms with van der Waals surface area (Å²) < 4.78 is 5.39. The smallest absolute Gasteiger partial charge is 0.410 e. The first-order chi connectivity index (χ1) is 7.31. The number of hydrogen-bond acceptors (Lipinski definition) is 2. The van der Waals surface area contributed by atoms with Crippen LogP contribution in [-0.4, -0.2) is 34.6 Å². The van der Waals surface area contributed by atoms with Crippen LogP contribution in [-0.2, 0) is 4.74 Å². The topological polar surface area (TPSA) is 29.5 Å². The van der Waals surface area contributed by atoms with Crippen molar-refractivity contribution in [2.24, 2.45) is 0 Å². The van der Waals surface area contributed by atoms with Crippen molar-refractivity contribution in [1.82, 2.24) is 4.90 Å². The molecule has 1 heterocycles. The van der Waals surface area contributed by atoms with Crippen LogP contribution >= 0.6 is 11.6 Å². The van der Waals surface area contributed by atoms with Gasteiger partial charge in [0.05, 0.1) is 11.4 Å². The lowest BCUT2D eigenvalue weighted by molar-refractivity contribution is 0.00986. The minimum atomic E-state index is -0.436. The molecule has 3 nitrogen and oxygen atoms in total. The maximum absolute atomic E-state index is 12.0. The Hall–Kier alpha value is -0.440. The van der Waals surface area contributed by atoms with Crippen molar-refractivity contribution in [1.29, 1.82) is 0 Å². The minimum Gasteiger partial charge on any atom is -0.444 e. The molecule has 0 spiro atoms. The Morgan fingerprint density at radius 2 is 2.06 bits per heavy atom. The number of alkyl halides is 1. The highest BCUT2D eigenvalue weighted by atomic mass is 35.5. The second-order valence-corrected chi connectivity index (χ2v) is 6.10. The van der Waals surface area contributed by atoms with Crippen molar-refractivity contribution in [3.05, 3.63) is 0 Å². The number of nitrogens with zero attached hydrogens (tertiary/aromatic N) is 1. The number of hydrogen-bond donors (Lipinski definition) is 0. The molecular formula is C12H22ClNO2. The zero-order valence-corrected chi connectivity index (χ0v) is 11.4. The molecule has 1 rings (SSSR count). The molecule has 1 saturated heterocycles. The van der Waals surface area contributed by atoms with Crippen molar-refractivity contribution in [2.45, 2.75) is 64.0 Å². The van der Waals surface area contributed by atoms with Gasteiger partial charge in [-0.2, -0.15) is 0 Å². The van der Waals surface area contributed by atoms with Crippen LogP contribution in [0.1, 0.15) is 47.0 Å². The van der Waals surface area contributed by atoms with Crippen molar-refractivity contribution in [3.8, 4) is 0 Å². The van der Waals surface area contributed by atoms with Crippen molar-refractivity contribution in [3.63, 3.8) is 0 Å². The summed E-state index contributed by atoms with van der Waals surface area (Å²) in [4.78, 5) is 13.8. The van der Waals surface area contributed by atoms with Gasteiger partial charge in [0.1, 0.15) is 5.60 Å². The number of carbonyl (C=O) groups excluding carboxylic acids is 1. The number of amides is 1. The van der Waals surface area contributed by atoms with Gasteiger partial charge < -0.3 is 9.64 Å². The molecule has 0 saturated carbocycles. The highest BCUT2D eigenvalue weighted by Gasteiger charge is 2.32. The Morgan fingerprint density at radius 3 is 2.56 bits per heavy atom. The fraction of sp³-hybridized carbons (Fsp3) is 0.917. The molecule has 0 N–H and O–H groups in total. The minimum absolute atomic E-state index is 0.0205. The molecule has 4 heteroatoms. The number of halogens is 1. The molecule has 0 aromatic heterocycles. The van der Waals surface area contributed by atoms with Crippen molar-refractivity contribution in [2.75, 3.05) is 6.54 Å². The van der Waals surface area contributed by atoms with E-state index in [0.29, 0.717) is 0 Å². The van der Waals surface area contributed by atoms with Gasteiger partial charge in [-0.25, -0.2) is 4.79 Å². The molecule has 0 unspecified atom stereocenters. The monoisotopic (exact) mass is 247 g/mol. The van der Waals surface area contributed by atoms with Gasteiger partial charge in [0.25, 0.3) is 0 Å². The number of piperidine rings is 1. The highest BCUT2D eigenvalue weighted by molar-refractivity contribution is 6.20. The van der Waals surface area contributed by atoms with Crippen LogP contribution in [0.2, 0.25) is 0 Å². The molecule has 1 aliphatic rings. The summed E-state index contributed by atoms with van der Waals surface area (Å²) in [7, 11) is 0. The lowest BCUT2D eigenvalue weighted by Crippen LogP contribution is -2.49. The second-order valence-electron chi connectivity index (χ2n) is 5.41. The molecule has 1 amide bonds. The third-order valence-electron chi connectivity index (χ3n) is 2.71. The van der Waals surface area contributed by atoms with Crippen molar-refractivity contribution >= 4 is 17.7 Å². The summed E-state index contributed by atoms with van der Waals surface area (Å²) in [6, 6.07) is 0.116. The van der Waals surface area contributed by atoms with E-state index in [1.807, 2.05) is 27.7 Å². The zero-order valence-electron chi connectivity index (χ0n) is 10.6. The summed E-state index contributed by atoms with van der Waals surface area (Å²) in [5, 5.41) is -0.0205. The maximum atomic E-state index is 12.0. The summed E-state index contributed by atoms with van der Waals surface area (Å²) in [5.41, 5.74) is -0.436. The Morgan fingerprint density at radius 1 is 1.44 bits per heavy atom. The molecule has 0 aromatic rings. The number of likely N-dealkylation sites (tertiary alicyclic amines) is 1. The standard InChI is InChI=1S/C12H22ClNO2/c1-9(13)10-7-5-6-8-14(10)11(15)16-12(2,3)4/h9-10H,5-8H2,1-4H3/t9-,10+/m0/s1. The quantitative estimate of drug-likeness (QED) is 0.665. The Balaban J connectivity index is 2.64. The van der Waals surface area contributed by atoms with E-state index in [4.69, 9.17) is 16.3 Å². The van der Waals surface area contributed by atoms with Gasteiger partial charge in [-0.15, -0.1) is 11.6 Å². The molecule has 2 atom stereocenters. The van der Waals surface area contributed by atoms with E-state index in [1.165, 1.54) is 0 Å². The summed E-state index contributed by atoms with van der Waals surface area (Å²) in [6.07, 6.45) is 2.93. The molecule has 1 aliphatic heterocycles. The third-order valence-corrected chi connectivity index (χ3v) is 3.00. The van der Waals surface area contributed by atoms with E-state index in [1.54, 1.807) is 4.90 Å². The predicted molar refractivity (Wildman–Crippen MR) is 65.9 cm³/mol. The van der Waals surface area contributed by atoms with Crippen molar-refractivity contribution < 1.29 is 9.53 Å². The lowest BCUT2D eigenvalue weighted by atomic mass is 10.0. The van der Waals surface area contributed by atoms with Gasteiger partial charge in [0.2, 0.25) is 0 Å².